The van der Waals surface area contributed by atoms with E-state index in [-0.39, 0.29) is 0 Å². The van der Waals surface area contributed by atoms with E-state index >= 15 is 0 Å². The smallest absolute Gasteiger partial charge is 0.188 e. The van der Waals surface area contributed by atoms with Gasteiger partial charge in [0.2, 0.25) is 0 Å². The molecule has 13 heavy (non-hydrogen) atoms. The number of carbonyl (C=O) groups is 1. The van der Waals surface area contributed by atoms with Crippen molar-refractivity contribution in [2.45, 2.75) is 51.2 Å². The molecule has 0 heterocycles. The molecule has 0 aromatic heterocycles. The molecule has 0 amide bonds. The number of rotatable bonds is 7. The summed E-state index contributed by atoms with van der Waals surface area (Å²) in [5.74, 6) is 0.926. The highest BCUT2D eigenvalue weighted by atomic mass is 32.2. The van der Waals surface area contributed by atoms with Gasteiger partial charge < -0.3 is 0 Å². The first-order valence-corrected chi connectivity index (χ1v) is 6.50. The van der Waals surface area contributed by atoms with Crippen LogP contribution >= 0.6 is 24.4 Å². The Hall–Kier alpha value is 0.370. The van der Waals surface area contributed by atoms with Crippen LogP contribution in [0.3, 0.4) is 0 Å². The number of hydrogen-bond donors (Lipinski definition) is 1. The molecule has 0 rings (SSSR count). The molecule has 0 aliphatic rings. The average Bonchev–Trinajstić information content (AvgIpc) is 2.04. The molecular weight excluding hydrogens is 200 g/mol. The maximum absolute atomic E-state index is 11.2. The quantitative estimate of drug-likeness (QED) is 0.522. The van der Waals surface area contributed by atoms with Gasteiger partial charge in [0, 0.05) is 12.2 Å². The predicted molar refractivity (Wildman–Crippen MR) is 64.7 cm³/mol. The van der Waals surface area contributed by atoms with Crippen LogP contribution in [-0.4, -0.2) is 16.1 Å². The van der Waals surface area contributed by atoms with Gasteiger partial charge >= 0.3 is 0 Å². The zero-order valence-electron chi connectivity index (χ0n) is 8.58. The molecular formula is C10H20OS2. The maximum atomic E-state index is 11.2. The molecule has 78 valence electrons. The minimum atomic E-state index is 0.349. The van der Waals surface area contributed by atoms with Gasteiger partial charge in [0.1, 0.15) is 0 Å². The summed E-state index contributed by atoms with van der Waals surface area (Å²) in [6.07, 6.45) is 5.19. The van der Waals surface area contributed by atoms with Crippen LogP contribution < -0.4 is 0 Å². The van der Waals surface area contributed by atoms with Gasteiger partial charge in [0.05, 0.1) is 0 Å². The van der Waals surface area contributed by atoms with Crippen molar-refractivity contribution < 1.29 is 4.79 Å². The predicted octanol–water partition coefficient (Wildman–Crippen LogP) is 3.53. The zero-order valence-corrected chi connectivity index (χ0v) is 10.3. The van der Waals surface area contributed by atoms with Crippen molar-refractivity contribution in [3.8, 4) is 0 Å². The Bertz CT molecular complexity index is 135. The number of carbonyl (C=O) groups excluding carboxylic acids is 1. The van der Waals surface area contributed by atoms with E-state index in [4.69, 9.17) is 0 Å². The molecule has 0 aliphatic heterocycles. The molecule has 0 N–H and O–H groups in total. The molecule has 1 atom stereocenters. The minimum absolute atomic E-state index is 0.349. The van der Waals surface area contributed by atoms with E-state index in [2.05, 4.69) is 26.5 Å². The lowest BCUT2D eigenvalue weighted by Gasteiger charge is -2.02. The first-order valence-electron chi connectivity index (χ1n) is 5.00. The number of hydrogen-bond acceptors (Lipinski definition) is 3. The van der Waals surface area contributed by atoms with Gasteiger partial charge in [-0.15, -0.1) is 0 Å². The molecule has 0 radical (unpaired) electrons. The molecule has 0 bridgehead atoms. The first-order chi connectivity index (χ1) is 6.16. The Labute approximate surface area is 91.5 Å². The van der Waals surface area contributed by atoms with Crippen molar-refractivity contribution in [1.82, 2.24) is 0 Å². The average molecular weight is 220 g/mol. The van der Waals surface area contributed by atoms with Crippen molar-refractivity contribution >= 4 is 29.5 Å². The minimum Gasteiger partial charge on any atom is -0.287 e. The van der Waals surface area contributed by atoms with Crippen LogP contribution in [0.2, 0.25) is 0 Å². The molecule has 0 fully saturated rings. The first kappa shape index (κ1) is 13.4. The lowest BCUT2D eigenvalue weighted by molar-refractivity contribution is -0.111. The van der Waals surface area contributed by atoms with Gasteiger partial charge in [0.25, 0.3) is 0 Å². The molecule has 0 aliphatic carbocycles. The van der Waals surface area contributed by atoms with Crippen molar-refractivity contribution in [1.29, 1.82) is 0 Å². The van der Waals surface area contributed by atoms with Gasteiger partial charge in [-0.25, -0.2) is 0 Å². The second-order valence-corrected chi connectivity index (χ2v) is 5.35. The van der Waals surface area contributed by atoms with Crippen molar-refractivity contribution in [3.63, 3.8) is 0 Å². The van der Waals surface area contributed by atoms with E-state index in [1.54, 1.807) is 0 Å². The van der Waals surface area contributed by atoms with Crippen LogP contribution in [0.5, 0.6) is 0 Å². The van der Waals surface area contributed by atoms with E-state index in [1.807, 2.05) is 0 Å². The lowest BCUT2D eigenvalue weighted by Crippen LogP contribution is -1.97. The third-order valence-electron chi connectivity index (χ3n) is 1.78. The summed E-state index contributed by atoms with van der Waals surface area (Å²) < 4.78 is 0. The largest absolute Gasteiger partial charge is 0.287 e. The molecule has 0 aromatic rings. The highest BCUT2D eigenvalue weighted by Gasteiger charge is 2.02. The van der Waals surface area contributed by atoms with Gasteiger partial charge in [-0.3, -0.25) is 4.79 Å². The van der Waals surface area contributed by atoms with Crippen LogP contribution in [0.4, 0.5) is 0 Å². The Morgan fingerprint density at radius 1 is 1.46 bits per heavy atom. The maximum Gasteiger partial charge on any atom is 0.188 e. The van der Waals surface area contributed by atoms with Crippen LogP contribution in [-0.2, 0) is 4.79 Å². The standard InChI is InChI=1S/C10H20OS2/c1-3-4-5-6-10(11)13-8-7-9(2)12/h9,12H,3-8H2,1-2H3. The second kappa shape index (κ2) is 8.95. The number of thioether (sulfide) groups is 1. The number of unbranched alkanes of at least 4 members (excludes halogenated alkanes) is 2. The summed E-state index contributed by atoms with van der Waals surface area (Å²) in [6.45, 7) is 4.21. The molecule has 1 nitrogen and oxygen atoms in total. The summed E-state index contributed by atoms with van der Waals surface area (Å²) in [5.41, 5.74) is 0. The van der Waals surface area contributed by atoms with Gasteiger partial charge in [-0.05, 0) is 18.1 Å². The molecule has 0 saturated heterocycles. The fraction of sp³-hybridized carbons (Fsp3) is 0.900. The topological polar surface area (TPSA) is 17.1 Å². The highest BCUT2D eigenvalue weighted by Crippen LogP contribution is 2.13. The third-order valence-corrected chi connectivity index (χ3v) is 3.01. The van der Waals surface area contributed by atoms with E-state index in [1.165, 1.54) is 24.6 Å². The van der Waals surface area contributed by atoms with Gasteiger partial charge in [0.15, 0.2) is 5.12 Å². The van der Waals surface area contributed by atoms with Crippen LogP contribution in [0.15, 0.2) is 0 Å². The summed E-state index contributed by atoms with van der Waals surface area (Å²) in [5, 5.41) is 0.762. The van der Waals surface area contributed by atoms with Crippen LogP contribution in [0.1, 0.15) is 46.0 Å². The Morgan fingerprint density at radius 2 is 2.15 bits per heavy atom. The van der Waals surface area contributed by atoms with Crippen LogP contribution in [0.25, 0.3) is 0 Å². The molecule has 0 spiro atoms. The van der Waals surface area contributed by atoms with E-state index in [9.17, 15) is 4.79 Å². The monoisotopic (exact) mass is 220 g/mol. The molecule has 0 saturated carbocycles. The Morgan fingerprint density at radius 3 is 2.69 bits per heavy atom. The fourth-order valence-corrected chi connectivity index (χ4v) is 2.23. The Kier molecular flexibility index (Phi) is 9.20. The zero-order chi connectivity index (χ0) is 10.1. The normalized spacial score (nSPS) is 12.8. The third kappa shape index (κ3) is 10.3. The van der Waals surface area contributed by atoms with Crippen molar-refractivity contribution in [3.05, 3.63) is 0 Å². The van der Waals surface area contributed by atoms with E-state index in [0.717, 1.165) is 25.0 Å². The van der Waals surface area contributed by atoms with Crippen molar-refractivity contribution in [2.75, 3.05) is 5.75 Å². The Balaban J connectivity index is 3.20. The van der Waals surface area contributed by atoms with Crippen LogP contribution in [0, 0.1) is 0 Å². The van der Waals surface area contributed by atoms with Gasteiger partial charge in [-0.1, -0.05) is 38.5 Å². The molecule has 0 aromatic carbocycles. The van der Waals surface area contributed by atoms with E-state index in [0.29, 0.717) is 10.4 Å². The SMILES string of the molecule is CCCCCC(=O)SCCC(C)S. The number of thiol groups is 1. The van der Waals surface area contributed by atoms with E-state index < -0.39 is 0 Å². The van der Waals surface area contributed by atoms with Crippen molar-refractivity contribution in [2.24, 2.45) is 0 Å². The summed E-state index contributed by atoms with van der Waals surface area (Å²) in [6, 6.07) is 0. The summed E-state index contributed by atoms with van der Waals surface area (Å²) in [7, 11) is 0. The highest BCUT2D eigenvalue weighted by molar-refractivity contribution is 8.13. The summed E-state index contributed by atoms with van der Waals surface area (Å²) >= 11 is 5.73. The summed E-state index contributed by atoms with van der Waals surface area (Å²) in [4.78, 5) is 11.2. The molecule has 3 heteroatoms. The van der Waals surface area contributed by atoms with Gasteiger partial charge in [-0.2, -0.15) is 12.6 Å². The lowest BCUT2D eigenvalue weighted by atomic mass is 10.2. The second-order valence-electron chi connectivity index (χ2n) is 3.32. The fourth-order valence-electron chi connectivity index (χ4n) is 0.935. The molecule has 1 unspecified atom stereocenters.